The van der Waals surface area contributed by atoms with Crippen LogP contribution in [0.5, 0.6) is 11.5 Å². The minimum atomic E-state index is -0.321. The maximum Gasteiger partial charge on any atom is 0.203 e. The standard InChI is InChI=1S/C22H26FN5O2S/c1-29-20-8-7-17(13-18(20)23)14-25-9-11-26(12-10-25)16-28-22(31)27(15-24-28)19-5-3-4-6-21(19)30-2/h3-8,13,15H,9-12,14,16H2,1-2H3. The van der Waals surface area contributed by atoms with Crippen LogP contribution in [0.2, 0.25) is 0 Å². The molecule has 0 radical (unpaired) electrons. The zero-order valence-corrected chi connectivity index (χ0v) is 18.5. The second-order valence-corrected chi connectivity index (χ2v) is 7.82. The molecule has 7 nitrogen and oxygen atoms in total. The van der Waals surface area contributed by atoms with E-state index in [9.17, 15) is 4.39 Å². The van der Waals surface area contributed by atoms with E-state index in [2.05, 4.69) is 14.9 Å². The van der Waals surface area contributed by atoms with Crippen molar-refractivity contribution in [2.24, 2.45) is 0 Å². The van der Waals surface area contributed by atoms with Gasteiger partial charge in [-0.15, -0.1) is 0 Å². The van der Waals surface area contributed by atoms with Crippen LogP contribution >= 0.6 is 12.2 Å². The number of nitrogens with zero attached hydrogens (tertiary/aromatic N) is 5. The first-order valence-electron chi connectivity index (χ1n) is 10.1. The third-order valence-electron chi connectivity index (χ3n) is 5.50. The summed E-state index contributed by atoms with van der Waals surface area (Å²) in [5.41, 5.74) is 1.82. The predicted octanol–water partition coefficient (Wildman–Crippen LogP) is 3.33. The van der Waals surface area contributed by atoms with Gasteiger partial charge in [-0.25, -0.2) is 9.07 Å². The van der Waals surface area contributed by atoms with Crippen LogP contribution in [0.25, 0.3) is 5.69 Å². The molecular formula is C22H26FN5O2S. The third kappa shape index (κ3) is 4.79. The summed E-state index contributed by atoms with van der Waals surface area (Å²) >= 11 is 5.65. The van der Waals surface area contributed by atoms with Crippen LogP contribution in [0, 0.1) is 10.6 Å². The Morgan fingerprint density at radius 2 is 1.68 bits per heavy atom. The Morgan fingerprint density at radius 1 is 0.968 bits per heavy atom. The van der Waals surface area contributed by atoms with Crippen LogP contribution in [-0.2, 0) is 13.2 Å². The van der Waals surface area contributed by atoms with Crippen molar-refractivity contribution in [3.05, 3.63) is 64.9 Å². The van der Waals surface area contributed by atoms with Crippen molar-refractivity contribution in [2.75, 3.05) is 40.4 Å². The molecule has 0 amide bonds. The van der Waals surface area contributed by atoms with Crippen LogP contribution in [0.15, 0.2) is 48.8 Å². The normalized spacial score (nSPS) is 15.2. The molecule has 4 rings (SSSR count). The molecular weight excluding hydrogens is 417 g/mol. The van der Waals surface area contributed by atoms with E-state index in [-0.39, 0.29) is 11.6 Å². The summed E-state index contributed by atoms with van der Waals surface area (Å²) in [5.74, 6) is 0.707. The number of ether oxygens (including phenoxy) is 2. The fourth-order valence-electron chi connectivity index (χ4n) is 3.77. The summed E-state index contributed by atoms with van der Waals surface area (Å²) in [6.45, 7) is 4.93. The SMILES string of the molecule is COc1ccc(CN2CCN(Cn3ncn(-c4ccccc4OC)c3=S)CC2)cc1F. The molecule has 9 heteroatoms. The highest BCUT2D eigenvalue weighted by Gasteiger charge is 2.19. The molecule has 0 saturated carbocycles. The molecule has 31 heavy (non-hydrogen) atoms. The second-order valence-electron chi connectivity index (χ2n) is 7.46. The number of benzene rings is 2. The smallest absolute Gasteiger partial charge is 0.203 e. The molecule has 3 aromatic rings. The lowest BCUT2D eigenvalue weighted by Crippen LogP contribution is -2.46. The summed E-state index contributed by atoms with van der Waals surface area (Å²) in [5, 5.41) is 4.49. The quantitative estimate of drug-likeness (QED) is 0.522. The fraction of sp³-hybridized carbons (Fsp3) is 0.364. The number of hydrogen-bond donors (Lipinski definition) is 0. The Morgan fingerprint density at radius 3 is 2.39 bits per heavy atom. The molecule has 164 valence electrons. The lowest BCUT2D eigenvalue weighted by atomic mass is 10.2. The molecule has 1 saturated heterocycles. The van der Waals surface area contributed by atoms with Crippen LogP contribution in [0.4, 0.5) is 4.39 Å². The molecule has 0 aliphatic carbocycles. The Bertz CT molecular complexity index is 1090. The van der Waals surface area contributed by atoms with E-state index in [0.717, 1.165) is 49.7 Å². The van der Waals surface area contributed by atoms with E-state index in [1.807, 2.05) is 39.6 Å². The molecule has 1 aliphatic rings. The number of hydrogen-bond acceptors (Lipinski definition) is 6. The van der Waals surface area contributed by atoms with Gasteiger partial charge in [0.1, 0.15) is 12.1 Å². The Labute approximate surface area is 186 Å². The van der Waals surface area contributed by atoms with Crippen molar-refractivity contribution in [1.82, 2.24) is 24.1 Å². The van der Waals surface area contributed by atoms with Crippen molar-refractivity contribution in [3.8, 4) is 17.2 Å². The van der Waals surface area contributed by atoms with Gasteiger partial charge in [0.25, 0.3) is 0 Å². The van der Waals surface area contributed by atoms with Gasteiger partial charge in [0.05, 0.1) is 26.6 Å². The zero-order chi connectivity index (χ0) is 21.8. The highest BCUT2D eigenvalue weighted by molar-refractivity contribution is 7.71. The van der Waals surface area contributed by atoms with Crippen molar-refractivity contribution >= 4 is 12.2 Å². The second kappa shape index (κ2) is 9.59. The first kappa shape index (κ1) is 21.5. The first-order chi connectivity index (χ1) is 15.1. The van der Waals surface area contributed by atoms with Gasteiger partial charge in [-0.3, -0.25) is 14.4 Å². The molecule has 0 bridgehead atoms. The molecule has 0 spiro atoms. The van der Waals surface area contributed by atoms with E-state index in [4.69, 9.17) is 21.7 Å². The molecule has 0 N–H and O–H groups in total. The number of para-hydroxylation sites is 2. The Hall–Kier alpha value is -2.75. The summed E-state index contributed by atoms with van der Waals surface area (Å²) in [6, 6.07) is 12.9. The monoisotopic (exact) mass is 443 g/mol. The molecule has 0 unspecified atom stereocenters. The van der Waals surface area contributed by atoms with Gasteiger partial charge in [-0.05, 0) is 42.0 Å². The number of rotatable bonds is 7. The zero-order valence-electron chi connectivity index (χ0n) is 17.7. The summed E-state index contributed by atoms with van der Waals surface area (Å²) in [7, 11) is 3.12. The van der Waals surface area contributed by atoms with E-state index in [1.165, 1.54) is 7.11 Å². The van der Waals surface area contributed by atoms with Crippen LogP contribution in [0.1, 0.15) is 5.56 Å². The van der Waals surface area contributed by atoms with E-state index in [1.54, 1.807) is 25.6 Å². The maximum absolute atomic E-state index is 13.9. The number of aromatic nitrogens is 3. The van der Waals surface area contributed by atoms with Crippen molar-refractivity contribution in [1.29, 1.82) is 0 Å². The minimum absolute atomic E-state index is 0.276. The van der Waals surface area contributed by atoms with Gasteiger partial charge in [0.15, 0.2) is 11.6 Å². The van der Waals surface area contributed by atoms with Crippen molar-refractivity contribution in [3.63, 3.8) is 0 Å². The number of halogens is 1. The highest BCUT2D eigenvalue weighted by atomic mass is 32.1. The van der Waals surface area contributed by atoms with Gasteiger partial charge < -0.3 is 9.47 Å². The lowest BCUT2D eigenvalue weighted by molar-refractivity contribution is 0.0980. The predicted molar refractivity (Wildman–Crippen MR) is 119 cm³/mol. The molecule has 1 aliphatic heterocycles. The summed E-state index contributed by atoms with van der Waals surface area (Å²) in [4.78, 5) is 4.64. The molecule has 0 atom stereocenters. The average molecular weight is 444 g/mol. The largest absolute Gasteiger partial charge is 0.495 e. The summed E-state index contributed by atoms with van der Waals surface area (Å²) in [6.07, 6.45) is 1.73. The maximum atomic E-state index is 13.9. The summed E-state index contributed by atoms with van der Waals surface area (Å²) < 4.78 is 28.7. The van der Waals surface area contributed by atoms with Crippen molar-refractivity contribution in [2.45, 2.75) is 13.2 Å². The van der Waals surface area contributed by atoms with E-state index < -0.39 is 0 Å². The molecule has 1 fully saturated rings. The Kier molecular flexibility index (Phi) is 6.64. The van der Waals surface area contributed by atoms with Gasteiger partial charge in [0.2, 0.25) is 4.77 Å². The number of piperazine rings is 1. The van der Waals surface area contributed by atoms with Gasteiger partial charge in [-0.2, -0.15) is 5.10 Å². The van der Waals surface area contributed by atoms with Gasteiger partial charge in [0, 0.05) is 32.7 Å². The van der Waals surface area contributed by atoms with Gasteiger partial charge >= 0.3 is 0 Å². The van der Waals surface area contributed by atoms with Crippen LogP contribution < -0.4 is 9.47 Å². The van der Waals surface area contributed by atoms with Crippen LogP contribution in [-0.4, -0.2) is 64.5 Å². The minimum Gasteiger partial charge on any atom is -0.495 e. The molecule has 1 aromatic heterocycles. The van der Waals surface area contributed by atoms with E-state index >= 15 is 0 Å². The average Bonchev–Trinajstić information content (AvgIpc) is 3.15. The number of methoxy groups -OCH3 is 2. The van der Waals surface area contributed by atoms with Gasteiger partial charge in [-0.1, -0.05) is 18.2 Å². The third-order valence-corrected chi connectivity index (χ3v) is 5.91. The Balaban J connectivity index is 1.36. The van der Waals surface area contributed by atoms with Crippen LogP contribution in [0.3, 0.4) is 0 Å². The van der Waals surface area contributed by atoms with Crippen molar-refractivity contribution < 1.29 is 13.9 Å². The fourth-order valence-corrected chi connectivity index (χ4v) is 4.02. The lowest BCUT2D eigenvalue weighted by Gasteiger charge is -2.34. The van der Waals surface area contributed by atoms with E-state index in [0.29, 0.717) is 11.4 Å². The molecule has 2 heterocycles. The first-order valence-corrected chi connectivity index (χ1v) is 10.5. The topological polar surface area (TPSA) is 47.7 Å². The molecule has 2 aromatic carbocycles. The highest BCUT2D eigenvalue weighted by Crippen LogP contribution is 2.22.